The van der Waals surface area contributed by atoms with Gasteiger partial charge in [0.1, 0.15) is 6.61 Å². The SMILES string of the molecule is Cc1ccc(C[C@@H](CNC(=O)CO)n2c(=N)n([C@@H](C)c3ccc(C)cc3)c3ccccc32)cc1. The smallest absolute Gasteiger partial charge is 0.245 e. The number of amides is 1. The highest BCUT2D eigenvalue weighted by atomic mass is 16.3. The maximum absolute atomic E-state index is 11.9. The molecule has 1 heterocycles. The molecule has 0 bridgehead atoms. The molecule has 1 aromatic heterocycles. The molecule has 0 fully saturated rings. The third kappa shape index (κ3) is 4.82. The molecule has 6 heteroatoms. The molecule has 0 radical (unpaired) electrons. The van der Waals surface area contributed by atoms with E-state index in [2.05, 4.69) is 79.2 Å². The number of aromatic nitrogens is 2. The molecule has 0 saturated carbocycles. The number of nitrogens with zero attached hydrogens (tertiary/aromatic N) is 2. The number of hydrogen-bond acceptors (Lipinski definition) is 3. The molecule has 0 aliphatic carbocycles. The Morgan fingerprint density at radius 1 is 0.912 bits per heavy atom. The van der Waals surface area contributed by atoms with E-state index in [1.807, 2.05) is 28.8 Å². The number of fused-ring (bicyclic) bond motifs is 1. The Kier molecular flexibility index (Phi) is 6.98. The van der Waals surface area contributed by atoms with Crippen molar-refractivity contribution in [1.29, 1.82) is 5.41 Å². The highest BCUT2D eigenvalue weighted by Gasteiger charge is 2.22. The monoisotopic (exact) mass is 456 g/mol. The van der Waals surface area contributed by atoms with Gasteiger partial charge in [-0.1, -0.05) is 71.8 Å². The van der Waals surface area contributed by atoms with Gasteiger partial charge in [0.25, 0.3) is 0 Å². The molecular formula is C28H32N4O2. The van der Waals surface area contributed by atoms with Crippen LogP contribution in [0.15, 0.2) is 72.8 Å². The van der Waals surface area contributed by atoms with E-state index >= 15 is 0 Å². The van der Waals surface area contributed by atoms with Crippen molar-refractivity contribution in [2.45, 2.75) is 39.3 Å². The number of aryl methyl sites for hydroxylation is 2. The molecule has 3 N–H and O–H groups in total. The van der Waals surface area contributed by atoms with Crippen molar-refractivity contribution >= 4 is 16.9 Å². The van der Waals surface area contributed by atoms with E-state index in [1.165, 1.54) is 11.1 Å². The Morgan fingerprint density at radius 3 is 2.06 bits per heavy atom. The summed E-state index contributed by atoms with van der Waals surface area (Å²) in [5, 5.41) is 21.3. The Hall–Kier alpha value is -3.64. The molecule has 1 amide bonds. The van der Waals surface area contributed by atoms with Gasteiger partial charge in [-0.2, -0.15) is 0 Å². The fourth-order valence-electron chi connectivity index (χ4n) is 4.51. The number of imidazole rings is 1. The zero-order chi connectivity index (χ0) is 24.2. The van der Waals surface area contributed by atoms with Crippen LogP contribution in [0.2, 0.25) is 0 Å². The van der Waals surface area contributed by atoms with Crippen molar-refractivity contribution in [2.75, 3.05) is 13.2 Å². The predicted octanol–water partition coefficient (Wildman–Crippen LogP) is 4.04. The van der Waals surface area contributed by atoms with Crippen LogP contribution in [-0.4, -0.2) is 33.3 Å². The quantitative estimate of drug-likeness (QED) is 0.374. The maximum atomic E-state index is 11.9. The molecule has 0 spiro atoms. The fraction of sp³-hybridized carbons (Fsp3) is 0.286. The number of para-hydroxylation sites is 2. The third-order valence-electron chi connectivity index (χ3n) is 6.44. The second kappa shape index (κ2) is 10.1. The third-order valence-corrected chi connectivity index (χ3v) is 6.44. The Labute approximate surface area is 200 Å². The van der Waals surface area contributed by atoms with Crippen molar-refractivity contribution in [3.05, 3.63) is 101 Å². The Balaban J connectivity index is 1.82. The van der Waals surface area contributed by atoms with Crippen LogP contribution < -0.4 is 10.9 Å². The lowest BCUT2D eigenvalue weighted by Gasteiger charge is -2.21. The zero-order valence-electron chi connectivity index (χ0n) is 20.0. The van der Waals surface area contributed by atoms with E-state index in [0.717, 1.165) is 22.2 Å². The molecule has 4 rings (SSSR count). The Morgan fingerprint density at radius 2 is 1.47 bits per heavy atom. The second-order valence-corrected chi connectivity index (χ2v) is 8.94. The van der Waals surface area contributed by atoms with Gasteiger partial charge in [0, 0.05) is 6.54 Å². The van der Waals surface area contributed by atoms with Crippen molar-refractivity contribution in [3.63, 3.8) is 0 Å². The average Bonchev–Trinajstić information content (AvgIpc) is 3.14. The van der Waals surface area contributed by atoms with E-state index in [1.54, 1.807) is 0 Å². The first-order valence-corrected chi connectivity index (χ1v) is 11.6. The summed E-state index contributed by atoms with van der Waals surface area (Å²) in [5.41, 5.74) is 6.95. The first-order valence-electron chi connectivity index (χ1n) is 11.6. The number of benzene rings is 3. The molecule has 2 atom stereocenters. The standard InChI is InChI=1S/C28H32N4O2/c1-19-8-12-22(13-9-19)16-24(17-30-27(34)18-33)32-26-7-5-4-6-25(26)31(28(32)29)21(3)23-14-10-20(2)11-15-23/h4-15,21,24,29,33H,16-18H2,1-3H3,(H,30,34)/t21-,24-/m0/s1. The lowest BCUT2D eigenvalue weighted by molar-refractivity contribution is -0.123. The second-order valence-electron chi connectivity index (χ2n) is 8.94. The summed E-state index contributed by atoms with van der Waals surface area (Å²) in [7, 11) is 0. The van der Waals surface area contributed by atoms with E-state index < -0.39 is 12.5 Å². The first-order chi connectivity index (χ1) is 16.4. The number of aliphatic hydroxyl groups excluding tert-OH is 1. The van der Waals surface area contributed by atoms with Gasteiger partial charge >= 0.3 is 0 Å². The van der Waals surface area contributed by atoms with Crippen LogP contribution in [-0.2, 0) is 11.2 Å². The molecule has 34 heavy (non-hydrogen) atoms. The topological polar surface area (TPSA) is 83.0 Å². The van der Waals surface area contributed by atoms with Crippen molar-refractivity contribution < 1.29 is 9.90 Å². The number of nitrogens with one attached hydrogen (secondary N) is 2. The van der Waals surface area contributed by atoms with Crippen LogP contribution in [0.25, 0.3) is 11.0 Å². The van der Waals surface area contributed by atoms with Crippen molar-refractivity contribution in [3.8, 4) is 0 Å². The summed E-state index contributed by atoms with van der Waals surface area (Å²) in [6, 6.07) is 24.6. The van der Waals surface area contributed by atoms with Crippen LogP contribution in [0, 0.1) is 19.3 Å². The van der Waals surface area contributed by atoms with Gasteiger partial charge in [-0.25, -0.2) is 0 Å². The average molecular weight is 457 g/mol. The molecule has 0 unspecified atom stereocenters. The maximum Gasteiger partial charge on any atom is 0.245 e. The molecular weight excluding hydrogens is 424 g/mol. The first kappa shape index (κ1) is 23.5. The predicted molar refractivity (Wildman–Crippen MR) is 135 cm³/mol. The van der Waals surface area contributed by atoms with Gasteiger partial charge in [0.2, 0.25) is 11.5 Å². The van der Waals surface area contributed by atoms with Crippen LogP contribution in [0.4, 0.5) is 0 Å². The highest BCUT2D eigenvalue weighted by Crippen LogP contribution is 2.26. The van der Waals surface area contributed by atoms with Gasteiger partial charge < -0.3 is 19.6 Å². The summed E-state index contributed by atoms with van der Waals surface area (Å²) in [6.45, 7) is 6.00. The minimum Gasteiger partial charge on any atom is -0.387 e. The zero-order valence-corrected chi connectivity index (χ0v) is 20.0. The molecule has 0 aliphatic heterocycles. The minimum atomic E-state index is -0.554. The highest BCUT2D eigenvalue weighted by molar-refractivity contribution is 5.77. The summed E-state index contributed by atoms with van der Waals surface area (Å²) in [4.78, 5) is 11.9. The number of carbonyl (C=O) groups excluding carboxylic acids is 1. The van der Waals surface area contributed by atoms with Crippen LogP contribution in [0.5, 0.6) is 0 Å². The number of hydrogen-bond donors (Lipinski definition) is 3. The van der Waals surface area contributed by atoms with Gasteiger partial charge in [-0.15, -0.1) is 0 Å². The summed E-state index contributed by atoms with van der Waals surface area (Å²) < 4.78 is 4.06. The van der Waals surface area contributed by atoms with Crippen LogP contribution >= 0.6 is 0 Å². The van der Waals surface area contributed by atoms with Crippen molar-refractivity contribution in [2.24, 2.45) is 0 Å². The van der Waals surface area contributed by atoms with Crippen molar-refractivity contribution in [1.82, 2.24) is 14.5 Å². The number of carbonyl (C=O) groups is 1. The normalized spacial score (nSPS) is 13.1. The summed E-state index contributed by atoms with van der Waals surface area (Å²) in [5.74, 6) is -0.419. The van der Waals surface area contributed by atoms with Gasteiger partial charge in [0.15, 0.2) is 0 Å². The van der Waals surface area contributed by atoms with Crippen LogP contribution in [0.3, 0.4) is 0 Å². The largest absolute Gasteiger partial charge is 0.387 e. The van der Waals surface area contributed by atoms with E-state index in [9.17, 15) is 15.3 Å². The van der Waals surface area contributed by atoms with E-state index in [-0.39, 0.29) is 12.1 Å². The van der Waals surface area contributed by atoms with Crippen LogP contribution in [0.1, 0.15) is 41.3 Å². The molecule has 4 aromatic rings. The van der Waals surface area contributed by atoms with E-state index in [4.69, 9.17) is 0 Å². The lowest BCUT2D eigenvalue weighted by Crippen LogP contribution is -2.38. The Bertz CT molecular complexity index is 1330. The molecule has 0 saturated heterocycles. The van der Waals surface area contributed by atoms with E-state index in [0.29, 0.717) is 18.6 Å². The minimum absolute atomic E-state index is 0.0358. The number of rotatable bonds is 8. The summed E-state index contributed by atoms with van der Waals surface area (Å²) in [6.07, 6.45) is 0.648. The fourth-order valence-corrected chi connectivity index (χ4v) is 4.51. The lowest BCUT2D eigenvalue weighted by atomic mass is 10.0. The molecule has 6 nitrogen and oxygen atoms in total. The molecule has 0 aliphatic rings. The molecule has 3 aromatic carbocycles. The molecule has 176 valence electrons. The van der Waals surface area contributed by atoms with Gasteiger partial charge in [0.05, 0.1) is 23.1 Å². The van der Waals surface area contributed by atoms with Gasteiger partial charge in [-0.05, 0) is 50.5 Å². The van der Waals surface area contributed by atoms with Gasteiger partial charge in [-0.3, -0.25) is 10.2 Å². The number of aliphatic hydroxyl groups is 1. The summed E-state index contributed by atoms with van der Waals surface area (Å²) >= 11 is 0.